The summed E-state index contributed by atoms with van der Waals surface area (Å²) in [4.78, 5) is 14.4. The molecule has 3 rings (SSSR count). The van der Waals surface area contributed by atoms with Crippen LogP contribution in [0.5, 0.6) is 0 Å². The van der Waals surface area contributed by atoms with Crippen molar-refractivity contribution in [2.24, 2.45) is 0 Å². The Bertz CT molecular complexity index is 1080. The van der Waals surface area contributed by atoms with Gasteiger partial charge in [-0.25, -0.2) is 8.42 Å². The van der Waals surface area contributed by atoms with Crippen molar-refractivity contribution in [3.8, 4) is 0 Å². The molecule has 0 radical (unpaired) electrons. The van der Waals surface area contributed by atoms with E-state index in [1.165, 1.54) is 6.26 Å². The Balaban J connectivity index is 1.63. The third-order valence-corrected chi connectivity index (χ3v) is 6.20. The Kier molecular flexibility index (Phi) is 6.44. The molecule has 0 aliphatic rings. The first kappa shape index (κ1) is 20.5. The van der Waals surface area contributed by atoms with Gasteiger partial charge in [0, 0.05) is 27.3 Å². The maximum absolute atomic E-state index is 12.4. The fourth-order valence-electron chi connectivity index (χ4n) is 2.52. The number of amides is 1. The summed E-state index contributed by atoms with van der Waals surface area (Å²) in [6, 6.07) is 21.7. The van der Waals surface area contributed by atoms with E-state index < -0.39 is 9.84 Å². The zero-order valence-electron chi connectivity index (χ0n) is 15.1. The number of anilines is 1. The summed E-state index contributed by atoms with van der Waals surface area (Å²) in [5.74, 6) is -0.295. The van der Waals surface area contributed by atoms with Crippen LogP contribution in [0.25, 0.3) is 0 Å². The molecule has 1 N–H and O–H groups in total. The summed E-state index contributed by atoms with van der Waals surface area (Å²) in [5.41, 5.74) is 1.79. The van der Waals surface area contributed by atoms with E-state index in [4.69, 9.17) is 11.6 Å². The Hall–Kier alpha value is -2.28. The minimum atomic E-state index is -3.10. The minimum absolute atomic E-state index is 0.0422. The lowest BCUT2D eigenvalue weighted by Gasteiger charge is -2.08. The van der Waals surface area contributed by atoms with Crippen LogP contribution < -0.4 is 5.32 Å². The van der Waals surface area contributed by atoms with Gasteiger partial charge >= 0.3 is 0 Å². The second-order valence-electron chi connectivity index (χ2n) is 6.28. The number of hydrogen-bond donors (Lipinski definition) is 1. The standard InChI is InChI=1S/C21H18ClNO3S2/c1-28(25,26)14-15-6-8-16(9-7-15)21(24)23-17-10-12-18(13-11-17)27-20-5-3-2-4-19(20)22/h2-13H,14H2,1H3,(H,23,24). The molecule has 0 fully saturated rings. The number of halogens is 1. The van der Waals surface area contributed by atoms with Crippen molar-refractivity contribution in [2.45, 2.75) is 15.5 Å². The molecule has 0 heterocycles. The van der Waals surface area contributed by atoms with Gasteiger partial charge in [-0.15, -0.1) is 0 Å². The minimum Gasteiger partial charge on any atom is -0.322 e. The first-order valence-electron chi connectivity index (χ1n) is 8.41. The van der Waals surface area contributed by atoms with E-state index in [0.717, 1.165) is 9.79 Å². The van der Waals surface area contributed by atoms with Gasteiger partial charge in [0.25, 0.3) is 5.91 Å². The number of benzene rings is 3. The number of hydrogen-bond acceptors (Lipinski definition) is 4. The van der Waals surface area contributed by atoms with Crippen molar-refractivity contribution in [1.82, 2.24) is 0 Å². The van der Waals surface area contributed by atoms with Gasteiger partial charge in [-0.1, -0.05) is 47.6 Å². The van der Waals surface area contributed by atoms with Crippen molar-refractivity contribution in [2.75, 3.05) is 11.6 Å². The second-order valence-corrected chi connectivity index (χ2v) is 9.94. The summed E-state index contributed by atoms with van der Waals surface area (Å²) >= 11 is 7.73. The van der Waals surface area contributed by atoms with Crippen LogP contribution in [-0.4, -0.2) is 20.6 Å². The molecule has 3 aromatic carbocycles. The van der Waals surface area contributed by atoms with Crippen LogP contribution in [0.2, 0.25) is 5.02 Å². The molecular weight excluding hydrogens is 414 g/mol. The third kappa shape index (κ3) is 5.86. The lowest BCUT2D eigenvalue weighted by Crippen LogP contribution is -2.12. The van der Waals surface area contributed by atoms with Crippen LogP contribution in [0.3, 0.4) is 0 Å². The van der Waals surface area contributed by atoms with Crippen LogP contribution in [-0.2, 0) is 15.6 Å². The molecular formula is C21H18ClNO3S2. The molecule has 0 spiro atoms. The summed E-state index contributed by atoms with van der Waals surface area (Å²) in [7, 11) is -3.10. The highest BCUT2D eigenvalue weighted by molar-refractivity contribution is 7.99. The van der Waals surface area contributed by atoms with Crippen LogP contribution in [0.1, 0.15) is 15.9 Å². The monoisotopic (exact) mass is 431 g/mol. The third-order valence-electron chi connectivity index (χ3n) is 3.82. The van der Waals surface area contributed by atoms with Gasteiger partial charge in [0.1, 0.15) is 0 Å². The SMILES string of the molecule is CS(=O)(=O)Cc1ccc(C(=O)Nc2ccc(Sc3ccccc3Cl)cc2)cc1. The molecule has 0 aliphatic heterocycles. The van der Waals surface area contributed by atoms with Crippen LogP contribution in [0.15, 0.2) is 82.6 Å². The van der Waals surface area contributed by atoms with E-state index in [1.54, 1.807) is 36.0 Å². The average molecular weight is 432 g/mol. The quantitative estimate of drug-likeness (QED) is 0.576. The molecule has 0 unspecified atom stereocenters. The highest BCUT2D eigenvalue weighted by Gasteiger charge is 2.09. The predicted molar refractivity (Wildman–Crippen MR) is 115 cm³/mol. The zero-order chi connectivity index (χ0) is 20.1. The number of rotatable bonds is 6. The number of nitrogens with one attached hydrogen (secondary N) is 1. The van der Waals surface area contributed by atoms with Gasteiger partial charge < -0.3 is 5.32 Å². The van der Waals surface area contributed by atoms with Crippen LogP contribution >= 0.6 is 23.4 Å². The molecule has 0 saturated carbocycles. The van der Waals surface area contributed by atoms with Crippen molar-refractivity contribution < 1.29 is 13.2 Å². The average Bonchev–Trinajstić information content (AvgIpc) is 2.64. The highest BCUT2D eigenvalue weighted by atomic mass is 35.5. The van der Waals surface area contributed by atoms with Crippen molar-refractivity contribution >= 4 is 44.8 Å². The van der Waals surface area contributed by atoms with Crippen molar-refractivity contribution in [3.05, 3.63) is 88.9 Å². The second kappa shape index (κ2) is 8.82. The maximum atomic E-state index is 12.4. The summed E-state index contributed by atoms with van der Waals surface area (Å²) in [6.07, 6.45) is 1.18. The van der Waals surface area contributed by atoms with Gasteiger partial charge in [-0.05, 0) is 54.1 Å². The summed E-state index contributed by atoms with van der Waals surface area (Å²) < 4.78 is 22.7. The molecule has 7 heteroatoms. The fraction of sp³-hybridized carbons (Fsp3) is 0.0952. The Labute approximate surface area is 173 Å². The van der Waals surface area contributed by atoms with E-state index in [0.29, 0.717) is 21.8 Å². The van der Waals surface area contributed by atoms with Gasteiger partial charge in [0.05, 0.1) is 10.8 Å². The highest BCUT2D eigenvalue weighted by Crippen LogP contribution is 2.33. The first-order valence-corrected chi connectivity index (χ1v) is 11.7. The molecule has 0 atom stereocenters. The predicted octanol–water partition coefficient (Wildman–Crippen LogP) is 5.29. The normalized spacial score (nSPS) is 11.2. The molecule has 0 saturated heterocycles. The van der Waals surface area contributed by atoms with E-state index in [-0.39, 0.29) is 11.7 Å². The lowest BCUT2D eigenvalue weighted by molar-refractivity contribution is 0.102. The Morgan fingerprint density at radius 1 is 0.964 bits per heavy atom. The maximum Gasteiger partial charge on any atom is 0.255 e. The molecule has 3 aromatic rings. The van der Waals surface area contributed by atoms with Crippen LogP contribution in [0, 0.1) is 0 Å². The molecule has 0 aromatic heterocycles. The zero-order valence-corrected chi connectivity index (χ0v) is 17.4. The summed E-state index contributed by atoms with van der Waals surface area (Å²) in [5, 5.41) is 3.53. The fourth-order valence-corrected chi connectivity index (χ4v) is 4.41. The molecule has 1 amide bonds. The topological polar surface area (TPSA) is 63.2 Å². The molecule has 28 heavy (non-hydrogen) atoms. The van der Waals surface area contributed by atoms with E-state index >= 15 is 0 Å². The van der Waals surface area contributed by atoms with E-state index in [9.17, 15) is 13.2 Å². The molecule has 0 aliphatic carbocycles. The first-order chi connectivity index (χ1) is 13.3. The van der Waals surface area contributed by atoms with Gasteiger partial charge in [-0.2, -0.15) is 0 Å². The van der Waals surface area contributed by atoms with Gasteiger partial charge in [-0.3, -0.25) is 4.79 Å². The van der Waals surface area contributed by atoms with Crippen LogP contribution in [0.4, 0.5) is 5.69 Å². The number of sulfone groups is 1. The smallest absolute Gasteiger partial charge is 0.255 e. The molecule has 144 valence electrons. The van der Waals surface area contributed by atoms with Crippen molar-refractivity contribution in [1.29, 1.82) is 0 Å². The number of carbonyl (C=O) groups excluding carboxylic acids is 1. The number of carbonyl (C=O) groups is 1. The van der Waals surface area contributed by atoms with Gasteiger partial charge in [0.15, 0.2) is 9.84 Å². The lowest BCUT2D eigenvalue weighted by atomic mass is 10.1. The van der Waals surface area contributed by atoms with Crippen molar-refractivity contribution in [3.63, 3.8) is 0 Å². The Morgan fingerprint density at radius 3 is 2.21 bits per heavy atom. The van der Waals surface area contributed by atoms with E-state index in [2.05, 4.69) is 5.32 Å². The Morgan fingerprint density at radius 2 is 1.61 bits per heavy atom. The molecule has 0 bridgehead atoms. The van der Waals surface area contributed by atoms with E-state index in [1.807, 2.05) is 48.5 Å². The van der Waals surface area contributed by atoms with Gasteiger partial charge in [0.2, 0.25) is 0 Å². The summed E-state index contributed by atoms with van der Waals surface area (Å²) in [6.45, 7) is 0. The molecule has 4 nitrogen and oxygen atoms in total. The largest absolute Gasteiger partial charge is 0.322 e.